The van der Waals surface area contributed by atoms with Gasteiger partial charge in [0.15, 0.2) is 0 Å². The fraction of sp³-hybridized carbons (Fsp3) is 0.475. The van der Waals surface area contributed by atoms with Crippen LogP contribution in [0.2, 0.25) is 0 Å². The zero-order valence-electron chi connectivity index (χ0n) is 35.3. The normalized spacial score (nSPS) is 11.5. The lowest BCUT2D eigenvalue weighted by Gasteiger charge is -2.28. The summed E-state index contributed by atoms with van der Waals surface area (Å²) in [6.07, 6.45) is -2.10. The quantitative estimate of drug-likeness (QED) is 0.0366. The molecule has 360 valence electrons. The number of carbonyl (C=O) groups excluding carboxylic acids is 4. The lowest BCUT2D eigenvalue weighted by atomic mass is 10.1. The average molecular weight is 929 g/mol. The van der Waals surface area contributed by atoms with Gasteiger partial charge in [0.05, 0.1) is 38.8 Å². The molecule has 0 fully saturated rings. The van der Waals surface area contributed by atoms with E-state index < -0.39 is 86.0 Å². The number of benzene rings is 2. The molecule has 0 aromatic heterocycles. The van der Waals surface area contributed by atoms with E-state index in [1.807, 2.05) is 30.3 Å². The highest BCUT2D eigenvalue weighted by atomic mass is 19.4. The highest BCUT2D eigenvalue weighted by molar-refractivity contribution is 5.95. The molecule has 25 heteroatoms. The Hall–Kier alpha value is -6.70. The molecule has 0 bridgehead atoms. The van der Waals surface area contributed by atoms with E-state index in [1.54, 1.807) is 29.2 Å². The van der Waals surface area contributed by atoms with E-state index in [9.17, 15) is 51.5 Å². The number of carboxylic acids is 5. The fourth-order valence-corrected chi connectivity index (χ4v) is 5.55. The van der Waals surface area contributed by atoms with Crippen molar-refractivity contribution >= 4 is 53.5 Å². The van der Waals surface area contributed by atoms with Gasteiger partial charge in [-0.05, 0) is 48.9 Å². The van der Waals surface area contributed by atoms with Crippen molar-refractivity contribution in [2.45, 2.75) is 57.3 Å². The van der Waals surface area contributed by atoms with Crippen LogP contribution in [0, 0.1) is 0 Å². The topological polar surface area (TPSA) is 339 Å². The molecule has 0 aliphatic heterocycles. The number of unbranched alkanes of at least 4 members (excludes halogenated alkanes) is 2. The smallest absolute Gasteiger partial charge is 0.480 e. The van der Waals surface area contributed by atoms with Crippen molar-refractivity contribution in [2.75, 3.05) is 65.4 Å². The number of hydrazine groups is 1. The third-order valence-corrected chi connectivity index (χ3v) is 8.84. The Kier molecular flexibility index (Phi) is 26.3. The number of alkyl halides is 3. The van der Waals surface area contributed by atoms with Gasteiger partial charge in [-0.15, -0.1) is 0 Å². The van der Waals surface area contributed by atoms with Gasteiger partial charge in [0.25, 0.3) is 11.8 Å². The number of nitrogens with one attached hydrogen (secondary N) is 4. The van der Waals surface area contributed by atoms with Gasteiger partial charge in [0.1, 0.15) is 0 Å². The summed E-state index contributed by atoms with van der Waals surface area (Å²) in [4.78, 5) is 107. The number of carbonyl (C=O) groups is 9. The van der Waals surface area contributed by atoms with Gasteiger partial charge in [0.2, 0.25) is 11.8 Å². The number of hydrogen-bond donors (Lipinski definition) is 10. The Morgan fingerprint density at radius 2 is 1.08 bits per heavy atom. The molecule has 0 aliphatic rings. The molecule has 0 saturated carbocycles. The lowest BCUT2D eigenvalue weighted by molar-refractivity contribution is -0.192. The number of hydrogen-bond acceptors (Lipinski definition) is 13. The molecule has 0 spiro atoms. The van der Waals surface area contributed by atoms with Crippen molar-refractivity contribution in [2.24, 2.45) is 5.73 Å². The highest BCUT2D eigenvalue weighted by Crippen LogP contribution is 2.13. The Bertz CT molecular complexity index is 1800. The van der Waals surface area contributed by atoms with Gasteiger partial charge in [-0.2, -0.15) is 13.2 Å². The summed E-state index contributed by atoms with van der Waals surface area (Å²) >= 11 is 0. The van der Waals surface area contributed by atoms with E-state index in [4.69, 9.17) is 36.1 Å². The van der Waals surface area contributed by atoms with Gasteiger partial charge in [-0.25, -0.2) is 4.79 Å². The van der Waals surface area contributed by atoms with Crippen LogP contribution >= 0.6 is 0 Å². The number of aliphatic carboxylic acids is 5. The molecule has 22 nitrogen and oxygen atoms in total. The van der Waals surface area contributed by atoms with Crippen LogP contribution in [0.4, 0.5) is 13.2 Å². The standard InChI is InChI=1S/C38H54N8O12.C2HF3O2/c39-30(15-12-27-7-3-1-4-8-27)38(58)43-42-37(57)29-13-10-28(11-14-29)21-41-31(47)9-5-2-6-16-40-32(48)22-44(17-19-45(23-33(49)50)24-34(51)52)18-20-46(25-35(53)54)26-36(55)56;3-2(4,5)1(6)7/h1,3-4,7-8,10-11,13-14,30H,2,5-6,9,12,15-26,39H2,(H,40,48)(H,41,47)(H,42,57)(H,43,58)(H,49,50)(H,51,52)(H,53,54)(H,55,56);(H,6,7)/t30-;/m1./s1. The summed E-state index contributed by atoms with van der Waals surface area (Å²) in [5.41, 5.74) is 12.7. The largest absolute Gasteiger partial charge is 0.490 e. The van der Waals surface area contributed by atoms with E-state index >= 15 is 0 Å². The van der Waals surface area contributed by atoms with Gasteiger partial charge in [0, 0.05) is 51.3 Å². The van der Waals surface area contributed by atoms with Crippen LogP contribution in [0.3, 0.4) is 0 Å². The number of nitrogens with zero attached hydrogens (tertiary/aromatic N) is 3. The summed E-state index contributed by atoms with van der Waals surface area (Å²) in [5, 5.41) is 49.2. The second-order valence-corrected chi connectivity index (χ2v) is 14.3. The molecule has 0 saturated heterocycles. The van der Waals surface area contributed by atoms with E-state index in [1.165, 1.54) is 0 Å². The van der Waals surface area contributed by atoms with Crippen LogP contribution in [-0.4, -0.2) is 171 Å². The molecule has 65 heavy (non-hydrogen) atoms. The van der Waals surface area contributed by atoms with Crippen molar-refractivity contribution in [3.05, 3.63) is 71.3 Å². The Balaban J connectivity index is 0.00000277. The summed E-state index contributed by atoms with van der Waals surface area (Å²) in [6.45, 7) is -1.90. The van der Waals surface area contributed by atoms with Crippen LogP contribution in [-0.2, 0) is 51.3 Å². The van der Waals surface area contributed by atoms with Crippen LogP contribution in [0.5, 0.6) is 0 Å². The fourth-order valence-electron chi connectivity index (χ4n) is 5.55. The maximum Gasteiger partial charge on any atom is 0.490 e. The molecule has 0 heterocycles. The molecular weight excluding hydrogens is 873 g/mol. The Morgan fingerprint density at radius 1 is 0.585 bits per heavy atom. The molecule has 2 aromatic carbocycles. The highest BCUT2D eigenvalue weighted by Gasteiger charge is 2.38. The molecule has 11 N–H and O–H groups in total. The molecule has 2 aromatic rings. The first-order chi connectivity index (χ1) is 30.5. The second-order valence-electron chi connectivity index (χ2n) is 14.3. The molecule has 0 aliphatic carbocycles. The van der Waals surface area contributed by atoms with E-state index in [-0.39, 0.29) is 58.1 Å². The van der Waals surface area contributed by atoms with Crippen molar-refractivity contribution < 1.29 is 81.9 Å². The molecule has 4 amide bonds. The van der Waals surface area contributed by atoms with Crippen molar-refractivity contribution in [3.8, 4) is 0 Å². The van der Waals surface area contributed by atoms with Crippen molar-refractivity contribution in [3.63, 3.8) is 0 Å². The zero-order valence-corrected chi connectivity index (χ0v) is 35.3. The minimum Gasteiger partial charge on any atom is -0.480 e. The van der Waals surface area contributed by atoms with E-state index in [0.29, 0.717) is 37.7 Å². The van der Waals surface area contributed by atoms with Gasteiger partial charge in [-0.3, -0.25) is 63.9 Å². The zero-order chi connectivity index (χ0) is 49.0. The second kappa shape index (κ2) is 30.4. The SMILES string of the molecule is N[C@H](CCc1ccccc1)C(=O)NNC(=O)c1ccc(CNC(=O)CCCCCNC(=O)CN(CCN(CC(=O)O)CC(=O)O)CCN(CC(=O)O)CC(=O)O)cc1.O=C(O)C(F)(F)F. The summed E-state index contributed by atoms with van der Waals surface area (Å²) in [6, 6.07) is 15.3. The van der Waals surface area contributed by atoms with Crippen LogP contribution in [0.1, 0.15) is 53.6 Å². The molecule has 0 radical (unpaired) electrons. The molecule has 1 atom stereocenters. The van der Waals surface area contributed by atoms with Gasteiger partial charge >= 0.3 is 36.0 Å². The molecular formula is C40H55F3N8O14. The predicted octanol–water partition coefficient (Wildman–Crippen LogP) is -0.422. The summed E-state index contributed by atoms with van der Waals surface area (Å²) in [5.74, 6) is -9.36. The first-order valence-corrected chi connectivity index (χ1v) is 19.9. The number of aryl methyl sites for hydroxylation is 1. The van der Waals surface area contributed by atoms with Gasteiger partial charge < -0.3 is 41.9 Å². The third kappa shape index (κ3) is 27.9. The maximum absolute atomic E-state index is 12.8. The predicted molar refractivity (Wildman–Crippen MR) is 222 cm³/mol. The first-order valence-electron chi connectivity index (χ1n) is 19.9. The van der Waals surface area contributed by atoms with E-state index in [0.717, 1.165) is 20.9 Å². The number of halogens is 3. The number of nitrogens with two attached hydrogens (primary N) is 1. The minimum absolute atomic E-state index is 0.0401. The maximum atomic E-state index is 12.8. The lowest BCUT2D eigenvalue weighted by Crippen LogP contribution is -2.49. The number of amides is 4. The molecule has 0 unspecified atom stereocenters. The summed E-state index contributed by atoms with van der Waals surface area (Å²) in [7, 11) is 0. The summed E-state index contributed by atoms with van der Waals surface area (Å²) < 4.78 is 31.7. The van der Waals surface area contributed by atoms with Crippen molar-refractivity contribution in [1.29, 1.82) is 0 Å². The van der Waals surface area contributed by atoms with E-state index in [2.05, 4.69) is 21.5 Å². The monoisotopic (exact) mass is 928 g/mol. The first kappa shape index (κ1) is 56.3. The Morgan fingerprint density at radius 3 is 1.55 bits per heavy atom. The number of rotatable bonds is 29. The van der Waals surface area contributed by atoms with Crippen LogP contribution < -0.4 is 27.2 Å². The Labute approximate surface area is 370 Å². The van der Waals surface area contributed by atoms with Crippen LogP contribution in [0.15, 0.2) is 54.6 Å². The van der Waals surface area contributed by atoms with Crippen LogP contribution in [0.25, 0.3) is 0 Å². The third-order valence-electron chi connectivity index (χ3n) is 8.84. The minimum atomic E-state index is -5.08. The average Bonchev–Trinajstić information content (AvgIpc) is 3.22. The number of carboxylic acid groups (broad SMARTS) is 5. The molecule has 2 rings (SSSR count). The van der Waals surface area contributed by atoms with Gasteiger partial charge in [-0.1, -0.05) is 48.9 Å². The van der Waals surface area contributed by atoms with Crippen molar-refractivity contribution in [1.82, 2.24) is 36.2 Å².